The first kappa shape index (κ1) is 21.5. The van der Waals surface area contributed by atoms with Gasteiger partial charge in [0.05, 0.1) is 5.56 Å². The SMILES string of the molecule is C[C@H]1CC[C@]2(C)C3CC[C@@]4(C)C(CCC4[C@H](C)Cc4cncc(C#N)c4)[C@@H]3CC[C@@H]2C1. The topological polar surface area (TPSA) is 36.7 Å². The monoisotopic (exact) mass is 418 g/mol. The van der Waals surface area contributed by atoms with Crippen molar-refractivity contribution in [3.05, 3.63) is 29.6 Å². The van der Waals surface area contributed by atoms with Gasteiger partial charge in [-0.2, -0.15) is 5.26 Å². The minimum absolute atomic E-state index is 0.520. The molecule has 5 rings (SSSR count). The van der Waals surface area contributed by atoms with Crippen molar-refractivity contribution >= 4 is 0 Å². The van der Waals surface area contributed by atoms with Gasteiger partial charge in [0, 0.05) is 12.4 Å². The van der Waals surface area contributed by atoms with Crippen molar-refractivity contribution in [3.8, 4) is 6.07 Å². The molecule has 0 aliphatic heterocycles. The summed E-state index contributed by atoms with van der Waals surface area (Å²) in [6.07, 6.45) is 18.0. The molecule has 2 heteroatoms. The molecular formula is C29H42N2. The number of hydrogen-bond donors (Lipinski definition) is 0. The third kappa shape index (κ3) is 3.46. The Bertz CT molecular complexity index is 855. The van der Waals surface area contributed by atoms with E-state index in [4.69, 9.17) is 0 Å². The summed E-state index contributed by atoms with van der Waals surface area (Å²) in [4.78, 5) is 4.32. The molecule has 4 saturated carbocycles. The summed E-state index contributed by atoms with van der Waals surface area (Å²) in [5.74, 6) is 6.36. The third-order valence-corrected chi connectivity index (χ3v) is 11.2. The van der Waals surface area contributed by atoms with Crippen molar-refractivity contribution in [2.75, 3.05) is 0 Å². The van der Waals surface area contributed by atoms with Gasteiger partial charge in [0.25, 0.3) is 0 Å². The van der Waals surface area contributed by atoms with Gasteiger partial charge < -0.3 is 0 Å². The molecule has 0 radical (unpaired) electrons. The molecule has 0 spiro atoms. The zero-order valence-electron chi connectivity index (χ0n) is 20.2. The molecule has 0 aromatic carbocycles. The molecule has 0 saturated heterocycles. The largest absolute Gasteiger partial charge is 0.263 e. The van der Waals surface area contributed by atoms with Crippen molar-refractivity contribution < 1.29 is 0 Å². The van der Waals surface area contributed by atoms with Gasteiger partial charge in [0.2, 0.25) is 0 Å². The highest BCUT2D eigenvalue weighted by molar-refractivity contribution is 5.29. The molecule has 9 atom stereocenters. The van der Waals surface area contributed by atoms with Crippen LogP contribution in [0.2, 0.25) is 0 Å². The maximum Gasteiger partial charge on any atom is 0.101 e. The molecule has 3 unspecified atom stereocenters. The quantitative estimate of drug-likeness (QED) is 0.512. The number of aromatic nitrogens is 1. The molecule has 0 amide bonds. The molecule has 2 nitrogen and oxygen atoms in total. The summed E-state index contributed by atoms with van der Waals surface area (Å²) in [5, 5.41) is 9.24. The van der Waals surface area contributed by atoms with Crippen molar-refractivity contribution in [1.29, 1.82) is 5.26 Å². The van der Waals surface area contributed by atoms with Crippen LogP contribution in [0.15, 0.2) is 18.5 Å². The Kier molecular flexibility index (Phi) is 5.47. The number of nitrogens with zero attached hydrogens (tertiary/aromatic N) is 2. The number of pyridine rings is 1. The highest BCUT2D eigenvalue weighted by Gasteiger charge is 2.60. The molecular weight excluding hydrogens is 376 g/mol. The molecule has 1 aromatic rings. The van der Waals surface area contributed by atoms with Gasteiger partial charge in [0.1, 0.15) is 6.07 Å². The lowest BCUT2D eigenvalue weighted by atomic mass is 9.44. The second-order valence-electron chi connectivity index (χ2n) is 12.6. The van der Waals surface area contributed by atoms with Crippen molar-refractivity contribution in [3.63, 3.8) is 0 Å². The fourth-order valence-corrected chi connectivity index (χ4v) is 9.62. The van der Waals surface area contributed by atoms with Crippen LogP contribution >= 0.6 is 0 Å². The van der Waals surface area contributed by atoms with Crippen LogP contribution in [0.25, 0.3) is 0 Å². The molecule has 4 aliphatic rings. The number of nitriles is 1. The molecule has 31 heavy (non-hydrogen) atoms. The van der Waals surface area contributed by atoms with Crippen molar-refractivity contribution in [1.82, 2.24) is 4.98 Å². The maximum atomic E-state index is 9.24. The Hall–Kier alpha value is -1.36. The number of rotatable bonds is 3. The second-order valence-corrected chi connectivity index (χ2v) is 12.6. The summed E-state index contributed by atoms with van der Waals surface area (Å²) in [6, 6.07) is 4.32. The fraction of sp³-hybridized carbons (Fsp3) is 0.793. The lowest BCUT2D eigenvalue weighted by molar-refractivity contribution is -0.120. The third-order valence-electron chi connectivity index (χ3n) is 11.2. The summed E-state index contributed by atoms with van der Waals surface area (Å²) in [6.45, 7) is 10.3. The van der Waals surface area contributed by atoms with Crippen LogP contribution in [0.5, 0.6) is 0 Å². The van der Waals surface area contributed by atoms with Crippen LogP contribution in [-0.4, -0.2) is 4.98 Å². The highest BCUT2D eigenvalue weighted by Crippen LogP contribution is 2.68. The average molecular weight is 419 g/mol. The standard InChI is InChI=1S/C29H42N2/c1-19-9-11-28(3)23(13-19)5-6-24-26-8-7-25(29(26,4)12-10-27(24)28)20(2)14-21-15-22(16-30)18-31-17-21/h15,17-20,23-27H,5-14H2,1-4H3/t19-,20+,23+,24-,25?,26?,27?,28-,29+/m0/s1. The van der Waals surface area contributed by atoms with E-state index in [1.165, 1.54) is 63.4 Å². The van der Waals surface area contributed by atoms with Crippen LogP contribution in [-0.2, 0) is 6.42 Å². The summed E-state index contributed by atoms with van der Waals surface area (Å²) in [5.41, 5.74) is 3.10. The first-order chi connectivity index (χ1) is 14.8. The summed E-state index contributed by atoms with van der Waals surface area (Å²) >= 11 is 0. The van der Waals surface area contributed by atoms with Crippen LogP contribution < -0.4 is 0 Å². The van der Waals surface area contributed by atoms with Gasteiger partial charge in [-0.25, -0.2) is 0 Å². The van der Waals surface area contributed by atoms with Gasteiger partial charge >= 0.3 is 0 Å². The summed E-state index contributed by atoms with van der Waals surface area (Å²) < 4.78 is 0. The minimum atomic E-state index is 0.520. The molecule has 0 N–H and O–H groups in total. The molecule has 1 heterocycles. The predicted octanol–water partition coefficient (Wildman–Crippen LogP) is 7.43. The van der Waals surface area contributed by atoms with E-state index in [2.05, 4.69) is 44.8 Å². The predicted molar refractivity (Wildman–Crippen MR) is 126 cm³/mol. The van der Waals surface area contributed by atoms with E-state index in [1.807, 2.05) is 6.20 Å². The van der Waals surface area contributed by atoms with Crippen molar-refractivity contribution in [2.45, 2.75) is 91.9 Å². The lowest BCUT2D eigenvalue weighted by Gasteiger charge is -2.61. The Labute approximate surface area is 190 Å². The fourth-order valence-electron chi connectivity index (χ4n) is 9.62. The van der Waals surface area contributed by atoms with Crippen molar-refractivity contribution in [2.24, 2.45) is 52.3 Å². The van der Waals surface area contributed by atoms with E-state index in [0.717, 1.165) is 41.9 Å². The minimum Gasteiger partial charge on any atom is -0.263 e. The molecule has 4 aliphatic carbocycles. The van der Waals surface area contributed by atoms with Gasteiger partial charge in [-0.05, 0) is 122 Å². The zero-order chi connectivity index (χ0) is 21.8. The van der Waals surface area contributed by atoms with E-state index < -0.39 is 0 Å². The Morgan fingerprint density at radius 1 is 1.03 bits per heavy atom. The Morgan fingerprint density at radius 3 is 2.61 bits per heavy atom. The lowest BCUT2D eigenvalue weighted by Crippen LogP contribution is -2.53. The van der Waals surface area contributed by atoms with Gasteiger partial charge in [-0.3, -0.25) is 4.98 Å². The van der Waals surface area contributed by atoms with E-state index in [0.29, 0.717) is 22.3 Å². The number of hydrogen-bond acceptors (Lipinski definition) is 2. The smallest absolute Gasteiger partial charge is 0.101 e. The van der Waals surface area contributed by atoms with Crippen LogP contribution in [0.4, 0.5) is 0 Å². The number of fused-ring (bicyclic) bond motifs is 5. The van der Waals surface area contributed by atoms with E-state index in [1.54, 1.807) is 6.20 Å². The van der Waals surface area contributed by atoms with Gasteiger partial charge in [-0.1, -0.05) is 34.1 Å². The average Bonchev–Trinajstić information content (AvgIpc) is 3.11. The molecule has 0 bridgehead atoms. The van der Waals surface area contributed by atoms with Gasteiger partial charge in [0.15, 0.2) is 0 Å². The first-order valence-electron chi connectivity index (χ1n) is 13.2. The maximum absolute atomic E-state index is 9.24. The van der Waals surface area contributed by atoms with Crippen LogP contribution in [0.3, 0.4) is 0 Å². The highest BCUT2D eigenvalue weighted by atomic mass is 14.7. The molecule has 168 valence electrons. The van der Waals surface area contributed by atoms with E-state index >= 15 is 0 Å². The zero-order valence-corrected chi connectivity index (χ0v) is 20.2. The van der Waals surface area contributed by atoms with Crippen LogP contribution in [0, 0.1) is 63.6 Å². The van der Waals surface area contributed by atoms with Crippen LogP contribution in [0.1, 0.15) is 96.6 Å². The molecule has 4 fully saturated rings. The molecule has 1 aromatic heterocycles. The second kappa shape index (κ2) is 7.90. The van der Waals surface area contributed by atoms with E-state index in [9.17, 15) is 5.26 Å². The van der Waals surface area contributed by atoms with Gasteiger partial charge in [-0.15, -0.1) is 0 Å². The normalized spacial score (nSPS) is 45.1. The summed E-state index contributed by atoms with van der Waals surface area (Å²) in [7, 11) is 0. The Morgan fingerprint density at radius 2 is 1.81 bits per heavy atom. The first-order valence-corrected chi connectivity index (χ1v) is 13.2. The van der Waals surface area contributed by atoms with E-state index in [-0.39, 0.29) is 0 Å². The Balaban J connectivity index is 1.33.